The molecule has 0 fully saturated rings. The lowest BCUT2D eigenvalue weighted by molar-refractivity contribution is -0.151. The number of carbonyl (C=O) groups is 2. The van der Waals surface area contributed by atoms with Gasteiger partial charge in [0.05, 0.1) is 25.2 Å². The molecule has 0 aliphatic heterocycles. The van der Waals surface area contributed by atoms with Gasteiger partial charge in [0.25, 0.3) is 0 Å². The second kappa shape index (κ2) is 49.8. The second-order valence-corrected chi connectivity index (χ2v) is 18.3. The Morgan fingerprint density at radius 2 is 0.823 bits per heavy atom. The van der Waals surface area contributed by atoms with E-state index in [0.717, 1.165) is 96.3 Å². The van der Waals surface area contributed by atoms with Crippen LogP contribution < -0.4 is 5.32 Å². The first-order chi connectivity index (χ1) is 30.5. The number of rotatable bonds is 48. The van der Waals surface area contributed by atoms with Crippen LogP contribution in [-0.4, -0.2) is 46.9 Å². The number of nitrogens with one attached hydrogen (secondary N) is 1. The first kappa shape index (κ1) is 59.8. The minimum Gasteiger partial charge on any atom is -0.462 e. The van der Waals surface area contributed by atoms with Crippen molar-refractivity contribution in [2.45, 2.75) is 289 Å². The van der Waals surface area contributed by atoms with Crippen molar-refractivity contribution in [1.29, 1.82) is 0 Å². The molecule has 1 amide bonds. The topological polar surface area (TPSA) is 95.9 Å². The summed E-state index contributed by atoms with van der Waals surface area (Å²) in [6.07, 6.45) is 60.3. The molecule has 3 N–H and O–H groups in total. The average molecular weight is 870 g/mol. The predicted octanol–water partition coefficient (Wildman–Crippen LogP) is 16.2. The molecule has 0 aromatic rings. The van der Waals surface area contributed by atoms with Crippen molar-refractivity contribution < 1.29 is 24.5 Å². The summed E-state index contributed by atoms with van der Waals surface area (Å²) in [5.41, 5.74) is 0. The summed E-state index contributed by atoms with van der Waals surface area (Å²) in [5.74, 6) is -0.511. The summed E-state index contributed by atoms with van der Waals surface area (Å²) in [7, 11) is 0. The van der Waals surface area contributed by atoms with E-state index in [9.17, 15) is 19.8 Å². The molecule has 0 aliphatic rings. The number of aliphatic hydroxyl groups excluding tert-OH is 2. The highest BCUT2D eigenvalue weighted by Gasteiger charge is 2.24. The smallest absolute Gasteiger partial charge is 0.306 e. The minimum atomic E-state index is -0.795. The van der Waals surface area contributed by atoms with Crippen LogP contribution in [0.1, 0.15) is 271 Å². The molecule has 0 spiro atoms. The fourth-order valence-corrected chi connectivity index (χ4v) is 8.02. The van der Waals surface area contributed by atoms with Crippen LogP contribution in [0, 0.1) is 0 Å². The maximum absolute atomic E-state index is 13.2. The van der Waals surface area contributed by atoms with E-state index < -0.39 is 18.2 Å². The largest absolute Gasteiger partial charge is 0.462 e. The van der Waals surface area contributed by atoms with Crippen molar-refractivity contribution in [3.8, 4) is 0 Å². The van der Waals surface area contributed by atoms with Crippen LogP contribution in [0.5, 0.6) is 0 Å². The molecule has 0 aromatic heterocycles. The Kier molecular flexibility index (Phi) is 48.1. The molecule has 6 heteroatoms. The molecular weight excluding hydrogens is 767 g/mol. The summed E-state index contributed by atoms with van der Waals surface area (Å²) >= 11 is 0. The molecule has 0 rings (SSSR count). The summed E-state index contributed by atoms with van der Waals surface area (Å²) < 4.78 is 5.91. The average Bonchev–Trinajstić information content (AvgIpc) is 3.26. The Bertz CT molecular complexity index is 1070. The van der Waals surface area contributed by atoms with Crippen LogP contribution in [0.2, 0.25) is 0 Å². The number of amides is 1. The van der Waals surface area contributed by atoms with Gasteiger partial charge in [0.1, 0.15) is 6.10 Å². The first-order valence-corrected chi connectivity index (χ1v) is 26.9. The number of hydrogen-bond acceptors (Lipinski definition) is 5. The highest BCUT2D eigenvalue weighted by atomic mass is 16.5. The monoisotopic (exact) mass is 870 g/mol. The zero-order valence-corrected chi connectivity index (χ0v) is 41.3. The van der Waals surface area contributed by atoms with E-state index in [1.807, 2.05) is 0 Å². The zero-order valence-electron chi connectivity index (χ0n) is 41.3. The van der Waals surface area contributed by atoms with Gasteiger partial charge in [-0.2, -0.15) is 0 Å². The minimum absolute atomic E-state index is 0.0581. The van der Waals surface area contributed by atoms with Crippen molar-refractivity contribution in [3.05, 3.63) is 48.6 Å². The van der Waals surface area contributed by atoms with Gasteiger partial charge in [0.15, 0.2) is 0 Å². The summed E-state index contributed by atoms with van der Waals surface area (Å²) in [6.45, 7) is 6.43. The lowest BCUT2D eigenvalue weighted by Crippen LogP contribution is -2.46. The number of carbonyl (C=O) groups excluding carboxylic acids is 2. The molecule has 0 saturated carbocycles. The maximum atomic E-state index is 13.2. The number of aliphatic hydroxyl groups is 2. The molecule has 0 radical (unpaired) electrons. The number of allylic oxidation sites excluding steroid dienone is 8. The Morgan fingerprint density at radius 3 is 1.31 bits per heavy atom. The fourth-order valence-electron chi connectivity index (χ4n) is 8.02. The molecule has 3 unspecified atom stereocenters. The Morgan fingerprint density at radius 1 is 0.468 bits per heavy atom. The summed E-state index contributed by atoms with van der Waals surface area (Å²) in [5, 5.41) is 23.8. The van der Waals surface area contributed by atoms with Gasteiger partial charge in [0, 0.05) is 6.42 Å². The lowest BCUT2D eigenvalue weighted by atomic mass is 10.0. The van der Waals surface area contributed by atoms with E-state index in [4.69, 9.17) is 4.74 Å². The first-order valence-electron chi connectivity index (χ1n) is 26.9. The second-order valence-electron chi connectivity index (χ2n) is 18.3. The predicted molar refractivity (Wildman–Crippen MR) is 269 cm³/mol. The van der Waals surface area contributed by atoms with Gasteiger partial charge in [0.2, 0.25) is 5.91 Å². The molecule has 62 heavy (non-hydrogen) atoms. The van der Waals surface area contributed by atoms with Crippen molar-refractivity contribution in [3.63, 3.8) is 0 Å². The third kappa shape index (κ3) is 44.4. The third-order valence-corrected chi connectivity index (χ3v) is 12.1. The van der Waals surface area contributed by atoms with Gasteiger partial charge in [-0.15, -0.1) is 0 Å². The molecule has 6 nitrogen and oxygen atoms in total. The van der Waals surface area contributed by atoms with E-state index in [2.05, 4.69) is 74.7 Å². The molecule has 0 saturated heterocycles. The highest BCUT2D eigenvalue weighted by Crippen LogP contribution is 2.18. The Hall–Kier alpha value is -2.18. The van der Waals surface area contributed by atoms with Gasteiger partial charge < -0.3 is 20.3 Å². The molecular formula is C56H103NO5. The lowest BCUT2D eigenvalue weighted by Gasteiger charge is -2.24. The molecule has 0 bridgehead atoms. The molecule has 3 atom stereocenters. The van der Waals surface area contributed by atoms with Crippen molar-refractivity contribution in [2.75, 3.05) is 6.61 Å². The van der Waals surface area contributed by atoms with Gasteiger partial charge in [-0.3, -0.25) is 9.59 Å². The van der Waals surface area contributed by atoms with Gasteiger partial charge >= 0.3 is 5.97 Å². The van der Waals surface area contributed by atoms with E-state index in [-0.39, 0.29) is 24.9 Å². The van der Waals surface area contributed by atoms with Crippen LogP contribution in [0.15, 0.2) is 48.6 Å². The summed E-state index contributed by atoms with van der Waals surface area (Å²) in [4.78, 5) is 26.1. The quantitative estimate of drug-likeness (QED) is 0.0322. The van der Waals surface area contributed by atoms with E-state index in [0.29, 0.717) is 19.3 Å². The maximum Gasteiger partial charge on any atom is 0.306 e. The van der Waals surface area contributed by atoms with E-state index >= 15 is 0 Å². The SMILES string of the molecule is CCCCC/C=C\C/C=C\C/C=C\CCCCCCC(=O)OC(CCCCC/C=C\CCCCC)CC(=O)NC(CO)C(O)CCCCCCCCCCCCCCCCCC. The van der Waals surface area contributed by atoms with Crippen LogP contribution in [-0.2, 0) is 14.3 Å². The number of hydrogen-bond donors (Lipinski definition) is 3. The van der Waals surface area contributed by atoms with E-state index in [1.165, 1.54) is 128 Å². The summed E-state index contributed by atoms with van der Waals surface area (Å²) in [6, 6.07) is -0.710. The molecule has 362 valence electrons. The van der Waals surface area contributed by atoms with Gasteiger partial charge in [-0.25, -0.2) is 0 Å². The normalized spacial score (nSPS) is 13.6. The van der Waals surface area contributed by atoms with Crippen molar-refractivity contribution >= 4 is 11.9 Å². The highest BCUT2D eigenvalue weighted by molar-refractivity contribution is 5.77. The fraction of sp³-hybridized carbons (Fsp3) is 0.821. The molecule has 0 heterocycles. The van der Waals surface area contributed by atoms with E-state index in [1.54, 1.807) is 0 Å². The number of unbranched alkanes of at least 4 members (excludes halogenated alkanes) is 28. The van der Waals surface area contributed by atoms with Crippen LogP contribution in [0.4, 0.5) is 0 Å². The van der Waals surface area contributed by atoms with Gasteiger partial charge in [-0.05, 0) is 89.9 Å². The van der Waals surface area contributed by atoms with Crippen LogP contribution in [0.25, 0.3) is 0 Å². The standard InChI is InChI=1S/C56H103NO5/c1-4-7-10-13-16-19-22-24-26-28-30-32-34-37-40-43-46-49-56(61)62-52(47-44-41-38-35-21-18-15-12-9-6-3)50-55(60)57-53(51-58)54(59)48-45-42-39-36-33-31-29-27-25-23-20-17-14-11-8-5-2/h16,18-19,21,24,26,30,32,52-54,58-59H,4-15,17,20,22-23,25,27-29,31,33-51H2,1-3H3,(H,57,60)/b19-16-,21-18-,26-24-,32-30-. The molecule has 0 aromatic carbocycles. The van der Waals surface area contributed by atoms with Crippen molar-refractivity contribution in [2.24, 2.45) is 0 Å². The number of ether oxygens (including phenoxy) is 1. The van der Waals surface area contributed by atoms with Crippen LogP contribution >= 0.6 is 0 Å². The number of esters is 1. The van der Waals surface area contributed by atoms with Crippen LogP contribution in [0.3, 0.4) is 0 Å². The zero-order chi connectivity index (χ0) is 45.2. The van der Waals surface area contributed by atoms with Gasteiger partial charge in [-0.1, -0.05) is 217 Å². The Balaban J connectivity index is 4.50. The Labute approximate surface area is 385 Å². The van der Waals surface area contributed by atoms with Crippen molar-refractivity contribution in [1.82, 2.24) is 5.32 Å². The third-order valence-electron chi connectivity index (χ3n) is 12.1. The molecule has 0 aliphatic carbocycles.